The number of hydrogen-bond donors (Lipinski definition) is 1. The van der Waals surface area contributed by atoms with Crippen molar-refractivity contribution in [2.24, 2.45) is 0 Å². The van der Waals surface area contributed by atoms with Crippen LogP contribution >= 0.6 is 0 Å². The molecule has 1 unspecified atom stereocenters. The van der Waals surface area contributed by atoms with Crippen molar-refractivity contribution in [1.29, 1.82) is 0 Å². The third-order valence-corrected chi connectivity index (χ3v) is 1.44. The minimum Gasteiger partial charge on any atom is -0.299 e. The first-order valence-corrected chi connectivity index (χ1v) is 3.73. The van der Waals surface area contributed by atoms with Gasteiger partial charge in [-0.05, 0) is 0 Å². The molecule has 1 atom stereocenters. The molecular formula is C2H5F3O2S2. The van der Waals surface area contributed by atoms with Crippen molar-refractivity contribution in [2.45, 2.75) is 12.9 Å². The van der Waals surface area contributed by atoms with Crippen molar-refractivity contribution in [1.82, 2.24) is 0 Å². The van der Waals surface area contributed by atoms with Crippen LogP contribution in [0.15, 0.2) is 0 Å². The lowest BCUT2D eigenvalue weighted by Gasteiger charge is -2.00. The van der Waals surface area contributed by atoms with Crippen molar-refractivity contribution in [3.63, 3.8) is 0 Å². The van der Waals surface area contributed by atoms with E-state index in [-0.39, 0.29) is 7.43 Å². The molecule has 1 N–H and O–H groups in total. The van der Waals surface area contributed by atoms with Gasteiger partial charge in [0.15, 0.2) is 0 Å². The first-order valence-electron chi connectivity index (χ1n) is 1.29. The molecule has 0 saturated carbocycles. The van der Waals surface area contributed by atoms with Gasteiger partial charge in [0.25, 0.3) is 0 Å². The lowest BCUT2D eigenvalue weighted by molar-refractivity contribution is -0.0452. The van der Waals surface area contributed by atoms with Crippen LogP contribution in [0.5, 0.6) is 0 Å². The quantitative estimate of drug-likeness (QED) is 0.614. The summed E-state index contributed by atoms with van der Waals surface area (Å²) in [5.41, 5.74) is -5.16. The summed E-state index contributed by atoms with van der Waals surface area (Å²) in [6.45, 7) is 0. The van der Waals surface area contributed by atoms with E-state index in [9.17, 15) is 17.4 Å². The third-order valence-electron chi connectivity index (χ3n) is 0.292. The summed E-state index contributed by atoms with van der Waals surface area (Å²) >= 11 is 3.18. The minimum atomic E-state index is -5.16. The molecule has 0 fully saturated rings. The molecule has 0 radical (unpaired) electrons. The van der Waals surface area contributed by atoms with Crippen LogP contribution in [0.3, 0.4) is 0 Å². The first-order chi connectivity index (χ1) is 3.25. The second-order valence-corrected chi connectivity index (χ2v) is 3.69. The Kier molecular flexibility index (Phi) is 3.69. The average Bonchev–Trinajstić information content (AvgIpc) is 1.25. The summed E-state index contributed by atoms with van der Waals surface area (Å²) in [6.07, 6.45) is 0. The Balaban J connectivity index is 0. The van der Waals surface area contributed by atoms with E-state index in [1.165, 1.54) is 0 Å². The molecule has 0 amide bonds. The van der Waals surface area contributed by atoms with Crippen LogP contribution < -0.4 is 0 Å². The zero-order valence-electron chi connectivity index (χ0n) is 3.31. The number of hydrogen-bond acceptors (Lipinski definition) is 2. The maximum atomic E-state index is 10.9. The highest BCUT2D eigenvalue weighted by atomic mass is 32.8. The molecule has 0 aromatic heterocycles. The van der Waals surface area contributed by atoms with Crippen molar-refractivity contribution >= 4 is 20.0 Å². The van der Waals surface area contributed by atoms with Crippen LogP contribution in [0, 0.1) is 0 Å². The summed E-state index contributed by atoms with van der Waals surface area (Å²) in [5, 5.41) is 0. The summed E-state index contributed by atoms with van der Waals surface area (Å²) < 4.78 is 49.8. The van der Waals surface area contributed by atoms with Crippen molar-refractivity contribution in [3.05, 3.63) is 0 Å². The van der Waals surface area contributed by atoms with Gasteiger partial charge < -0.3 is 0 Å². The van der Waals surface area contributed by atoms with E-state index >= 15 is 0 Å². The Labute approximate surface area is 55.6 Å². The second kappa shape index (κ2) is 2.80. The summed E-state index contributed by atoms with van der Waals surface area (Å²) in [4.78, 5) is 0. The van der Waals surface area contributed by atoms with Crippen molar-refractivity contribution in [3.8, 4) is 0 Å². The lowest BCUT2D eigenvalue weighted by Crippen LogP contribution is -2.20. The van der Waals surface area contributed by atoms with Gasteiger partial charge in [-0.15, -0.1) is 0 Å². The molecule has 0 rings (SSSR count). The van der Waals surface area contributed by atoms with Crippen LogP contribution in [0.25, 0.3) is 0 Å². The van der Waals surface area contributed by atoms with Crippen LogP contribution in [0.4, 0.5) is 13.2 Å². The standard InChI is InChI=1S/CHF3O2S2.CH4/c2-1(3,4)8(5,6)7;/h(H,5,6,7);1H4. The Morgan fingerprint density at radius 2 is 1.56 bits per heavy atom. The maximum Gasteiger partial charge on any atom is 0.497 e. The fourth-order valence-electron chi connectivity index (χ4n) is 0. The predicted molar refractivity (Wildman–Crippen MR) is 30.9 cm³/mol. The van der Waals surface area contributed by atoms with E-state index in [0.717, 1.165) is 0 Å². The molecule has 0 heterocycles. The lowest BCUT2D eigenvalue weighted by atomic mass is 11.6. The van der Waals surface area contributed by atoms with Crippen LogP contribution in [-0.2, 0) is 20.0 Å². The van der Waals surface area contributed by atoms with Gasteiger partial charge >= 0.3 is 5.51 Å². The fraction of sp³-hybridized carbons (Fsp3) is 1.00. The van der Waals surface area contributed by atoms with Gasteiger partial charge in [-0.2, -0.15) is 13.2 Å². The molecule has 0 aliphatic rings. The largest absolute Gasteiger partial charge is 0.497 e. The number of alkyl halides is 3. The number of halogens is 3. The molecule has 7 heteroatoms. The van der Waals surface area contributed by atoms with Crippen molar-refractivity contribution in [2.75, 3.05) is 0 Å². The highest BCUT2D eigenvalue weighted by molar-refractivity contribution is 8.30. The van der Waals surface area contributed by atoms with Crippen LogP contribution in [-0.4, -0.2) is 14.3 Å². The maximum absolute atomic E-state index is 10.9. The Bertz CT molecular complexity index is 167. The molecule has 58 valence electrons. The molecule has 9 heavy (non-hydrogen) atoms. The van der Waals surface area contributed by atoms with E-state index in [1.54, 1.807) is 0 Å². The van der Waals surface area contributed by atoms with Crippen molar-refractivity contribution < 1.29 is 21.9 Å². The number of rotatable bonds is 0. The second-order valence-electron chi connectivity index (χ2n) is 0.921. The van der Waals surface area contributed by atoms with Crippen LogP contribution in [0.1, 0.15) is 7.43 Å². The van der Waals surface area contributed by atoms with Gasteiger partial charge in [0.2, 0.25) is 8.77 Å². The minimum absolute atomic E-state index is 0. The normalized spacial score (nSPS) is 17.8. The molecule has 0 aliphatic carbocycles. The molecule has 0 bridgehead atoms. The van der Waals surface area contributed by atoms with E-state index < -0.39 is 14.3 Å². The molecule has 0 saturated heterocycles. The highest BCUT2D eigenvalue weighted by Gasteiger charge is 2.40. The molecule has 0 spiro atoms. The van der Waals surface area contributed by atoms with E-state index in [2.05, 4.69) is 11.2 Å². The monoisotopic (exact) mass is 182 g/mol. The zero-order valence-corrected chi connectivity index (χ0v) is 4.94. The van der Waals surface area contributed by atoms with Gasteiger partial charge in [-0.1, -0.05) is 7.43 Å². The zero-order chi connectivity index (χ0) is 7.00. The summed E-state index contributed by atoms with van der Waals surface area (Å²) in [5.74, 6) is 0. The smallest absolute Gasteiger partial charge is 0.299 e. The summed E-state index contributed by atoms with van der Waals surface area (Å²) in [7, 11) is -5.01. The Morgan fingerprint density at radius 1 is 1.44 bits per heavy atom. The average molecular weight is 182 g/mol. The Morgan fingerprint density at radius 3 is 1.56 bits per heavy atom. The van der Waals surface area contributed by atoms with Gasteiger partial charge in [-0.25, -0.2) is 4.21 Å². The van der Waals surface area contributed by atoms with Gasteiger partial charge in [0.05, 0.1) is 0 Å². The van der Waals surface area contributed by atoms with E-state index in [0.29, 0.717) is 0 Å². The third kappa shape index (κ3) is 3.66. The Hall–Kier alpha value is 0.120. The predicted octanol–water partition coefficient (Wildman–Crippen LogP) is 1.36. The molecular weight excluding hydrogens is 177 g/mol. The molecule has 0 aliphatic heterocycles. The molecule has 0 aromatic carbocycles. The van der Waals surface area contributed by atoms with Crippen LogP contribution in [0.2, 0.25) is 0 Å². The van der Waals surface area contributed by atoms with E-state index in [1.807, 2.05) is 0 Å². The fourth-order valence-corrected chi connectivity index (χ4v) is 0. The van der Waals surface area contributed by atoms with Gasteiger partial charge in [-0.3, -0.25) is 4.55 Å². The molecule has 2 nitrogen and oxygen atoms in total. The van der Waals surface area contributed by atoms with Gasteiger partial charge in [0.1, 0.15) is 0 Å². The molecule has 0 aromatic rings. The SMILES string of the molecule is C.O=S(O)(=S)C(F)(F)F. The van der Waals surface area contributed by atoms with E-state index in [4.69, 9.17) is 4.55 Å². The topological polar surface area (TPSA) is 37.3 Å². The summed E-state index contributed by atoms with van der Waals surface area (Å²) in [6, 6.07) is 0. The highest BCUT2D eigenvalue weighted by Crippen LogP contribution is 2.21. The van der Waals surface area contributed by atoms with Gasteiger partial charge in [0, 0.05) is 11.2 Å². The first kappa shape index (κ1) is 11.9.